The fourth-order valence-electron chi connectivity index (χ4n) is 3.90. The lowest BCUT2D eigenvalue weighted by Gasteiger charge is -2.09. The van der Waals surface area contributed by atoms with Crippen LogP contribution in [0.5, 0.6) is 0 Å². The molecule has 0 fully saturated rings. The summed E-state index contributed by atoms with van der Waals surface area (Å²) < 4.78 is 2.28. The molecule has 0 spiro atoms. The van der Waals surface area contributed by atoms with Crippen molar-refractivity contribution in [1.82, 2.24) is 24.7 Å². The highest BCUT2D eigenvalue weighted by molar-refractivity contribution is 7.99. The quantitative estimate of drug-likeness (QED) is 0.219. The van der Waals surface area contributed by atoms with E-state index in [1.54, 1.807) is 18.0 Å². The van der Waals surface area contributed by atoms with Crippen molar-refractivity contribution < 1.29 is 0 Å². The molecule has 32 heavy (non-hydrogen) atoms. The SMILES string of the molecule is CCCCn1c2ccccc2c2nnc(SCCNc3ccnc4cc(Cl)ccc34)nc21. The third kappa shape index (κ3) is 4.10. The van der Waals surface area contributed by atoms with E-state index in [1.807, 2.05) is 30.3 Å². The number of anilines is 1. The molecule has 0 unspecified atom stereocenters. The molecule has 2 aromatic carbocycles. The van der Waals surface area contributed by atoms with Crippen molar-refractivity contribution in [2.75, 3.05) is 17.6 Å². The van der Waals surface area contributed by atoms with Crippen molar-refractivity contribution in [3.63, 3.8) is 0 Å². The van der Waals surface area contributed by atoms with Crippen molar-refractivity contribution in [1.29, 1.82) is 0 Å². The van der Waals surface area contributed by atoms with Crippen LogP contribution in [-0.2, 0) is 6.54 Å². The molecular weight excluding hydrogens is 440 g/mol. The van der Waals surface area contributed by atoms with Gasteiger partial charge in [-0.2, -0.15) is 0 Å². The van der Waals surface area contributed by atoms with E-state index in [4.69, 9.17) is 16.6 Å². The Morgan fingerprint density at radius 1 is 1.06 bits per heavy atom. The topological polar surface area (TPSA) is 68.5 Å². The third-order valence-electron chi connectivity index (χ3n) is 5.44. The summed E-state index contributed by atoms with van der Waals surface area (Å²) in [4.78, 5) is 9.26. The minimum atomic E-state index is 0.689. The van der Waals surface area contributed by atoms with Gasteiger partial charge in [-0.15, -0.1) is 10.2 Å². The predicted molar refractivity (Wildman–Crippen MR) is 134 cm³/mol. The highest BCUT2D eigenvalue weighted by Gasteiger charge is 2.14. The van der Waals surface area contributed by atoms with Crippen LogP contribution in [0, 0.1) is 0 Å². The highest BCUT2D eigenvalue weighted by atomic mass is 35.5. The molecule has 6 nitrogen and oxygen atoms in total. The van der Waals surface area contributed by atoms with E-state index >= 15 is 0 Å². The number of rotatable bonds is 8. The first-order chi connectivity index (χ1) is 15.7. The van der Waals surface area contributed by atoms with E-state index < -0.39 is 0 Å². The van der Waals surface area contributed by atoms with Crippen LogP contribution in [0.1, 0.15) is 19.8 Å². The van der Waals surface area contributed by atoms with Gasteiger partial charge in [0.05, 0.1) is 11.0 Å². The van der Waals surface area contributed by atoms with Gasteiger partial charge in [-0.1, -0.05) is 54.9 Å². The molecule has 162 valence electrons. The molecule has 3 heterocycles. The molecular formula is C24H23ClN6S. The predicted octanol–water partition coefficient (Wildman–Crippen LogP) is 6.19. The van der Waals surface area contributed by atoms with Crippen LogP contribution in [0.4, 0.5) is 5.69 Å². The normalized spacial score (nSPS) is 11.6. The number of thioether (sulfide) groups is 1. The first-order valence-corrected chi connectivity index (χ1v) is 12.1. The molecule has 0 amide bonds. The van der Waals surface area contributed by atoms with Crippen LogP contribution in [0.25, 0.3) is 33.0 Å². The monoisotopic (exact) mass is 462 g/mol. The maximum atomic E-state index is 6.09. The van der Waals surface area contributed by atoms with Crippen molar-refractivity contribution in [2.45, 2.75) is 31.5 Å². The maximum Gasteiger partial charge on any atom is 0.211 e. The average molecular weight is 463 g/mol. The highest BCUT2D eigenvalue weighted by Crippen LogP contribution is 2.28. The Morgan fingerprint density at radius 3 is 2.88 bits per heavy atom. The van der Waals surface area contributed by atoms with E-state index in [0.717, 1.165) is 64.8 Å². The number of fused-ring (bicyclic) bond motifs is 4. The number of aryl methyl sites for hydroxylation is 1. The zero-order valence-electron chi connectivity index (χ0n) is 17.8. The van der Waals surface area contributed by atoms with Crippen LogP contribution in [0.2, 0.25) is 5.02 Å². The summed E-state index contributed by atoms with van der Waals surface area (Å²) in [5.41, 5.74) is 4.89. The number of nitrogens with zero attached hydrogens (tertiary/aromatic N) is 5. The van der Waals surface area contributed by atoms with Crippen LogP contribution in [-0.4, -0.2) is 37.0 Å². The Hall–Kier alpha value is -2.90. The van der Waals surface area contributed by atoms with Crippen molar-refractivity contribution in [2.24, 2.45) is 0 Å². The van der Waals surface area contributed by atoms with Gasteiger partial charge >= 0.3 is 0 Å². The number of benzene rings is 2. The van der Waals surface area contributed by atoms with E-state index in [-0.39, 0.29) is 0 Å². The number of nitrogens with one attached hydrogen (secondary N) is 1. The molecule has 5 rings (SSSR count). The molecule has 0 aliphatic heterocycles. The van der Waals surface area contributed by atoms with E-state index in [9.17, 15) is 0 Å². The van der Waals surface area contributed by atoms with E-state index in [1.165, 1.54) is 5.52 Å². The number of unbranched alkanes of at least 4 members (excludes halogenated alkanes) is 1. The lowest BCUT2D eigenvalue weighted by atomic mass is 10.2. The van der Waals surface area contributed by atoms with Crippen molar-refractivity contribution in [3.8, 4) is 0 Å². The first-order valence-electron chi connectivity index (χ1n) is 10.8. The van der Waals surface area contributed by atoms with Gasteiger partial charge in [0.25, 0.3) is 0 Å². The maximum absolute atomic E-state index is 6.09. The summed E-state index contributed by atoms with van der Waals surface area (Å²) in [5.74, 6) is 0.819. The zero-order chi connectivity index (χ0) is 21.9. The van der Waals surface area contributed by atoms with Crippen LogP contribution in [0.3, 0.4) is 0 Å². The molecule has 3 aromatic heterocycles. The lowest BCUT2D eigenvalue weighted by molar-refractivity contribution is 0.656. The Balaban J connectivity index is 1.32. The number of hydrogen-bond donors (Lipinski definition) is 1. The largest absolute Gasteiger partial charge is 0.384 e. The summed E-state index contributed by atoms with van der Waals surface area (Å²) in [6, 6.07) is 16.1. The zero-order valence-corrected chi connectivity index (χ0v) is 19.3. The fourth-order valence-corrected chi connectivity index (χ4v) is 4.70. The lowest BCUT2D eigenvalue weighted by Crippen LogP contribution is -2.06. The fraction of sp³-hybridized carbons (Fsp3) is 0.250. The smallest absolute Gasteiger partial charge is 0.211 e. The molecule has 1 N–H and O–H groups in total. The average Bonchev–Trinajstić information content (AvgIpc) is 3.13. The number of para-hydroxylation sites is 1. The summed E-state index contributed by atoms with van der Waals surface area (Å²) in [6.07, 6.45) is 4.04. The van der Waals surface area contributed by atoms with E-state index in [2.05, 4.69) is 50.2 Å². The standard InChI is InChI=1S/C24H23ClN6S/c1-2-3-13-31-21-7-5-4-6-18(21)22-23(31)28-24(30-29-22)32-14-12-27-19-10-11-26-20-15-16(25)8-9-17(19)20/h4-11,15H,2-3,12-14H2,1H3,(H,26,27). The summed E-state index contributed by atoms with van der Waals surface area (Å²) in [7, 11) is 0. The molecule has 8 heteroatoms. The number of aromatic nitrogens is 5. The minimum Gasteiger partial charge on any atom is -0.384 e. The molecule has 0 bridgehead atoms. The Morgan fingerprint density at radius 2 is 1.97 bits per heavy atom. The molecule has 0 radical (unpaired) electrons. The Kier molecular flexibility index (Phi) is 6.10. The first kappa shape index (κ1) is 21.0. The summed E-state index contributed by atoms with van der Waals surface area (Å²) in [5, 5.41) is 16.0. The molecule has 0 saturated carbocycles. The minimum absolute atomic E-state index is 0.689. The molecule has 5 aromatic rings. The number of hydrogen-bond acceptors (Lipinski definition) is 6. The third-order valence-corrected chi connectivity index (χ3v) is 6.52. The van der Waals surface area contributed by atoms with Gasteiger partial charge in [0.15, 0.2) is 5.65 Å². The second-order valence-electron chi connectivity index (χ2n) is 7.58. The van der Waals surface area contributed by atoms with Gasteiger partial charge in [0.1, 0.15) is 5.52 Å². The van der Waals surface area contributed by atoms with Crippen molar-refractivity contribution in [3.05, 3.63) is 59.8 Å². The van der Waals surface area contributed by atoms with Gasteiger partial charge in [-0.05, 0) is 36.8 Å². The molecule has 0 saturated heterocycles. The van der Waals surface area contributed by atoms with Crippen LogP contribution >= 0.6 is 23.4 Å². The molecule has 0 aliphatic carbocycles. The Labute approximate surface area is 195 Å². The van der Waals surface area contributed by atoms with Gasteiger partial charge < -0.3 is 9.88 Å². The second kappa shape index (κ2) is 9.30. The molecule has 0 aliphatic rings. The van der Waals surface area contributed by atoms with Gasteiger partial charge in [-0.3, -0.25) is 4.98 Å². The van der Waals surface area contributed by atoms with Crippen LogP contribution in [0.15, 0.2) is 59.9 Å². The number of pyridine rings is 1. The van der Waals surface area contributed by atoms with Crippen LogP contribution < -0.4 is 5.32 Å². The van der Waals surface area contributed by atoms with E-state index in [0.29, 0.717) is 10.2 Å². The second-order valence-corrected chi connectivity index (χ2v) is 9.08. The summed E-state index contributed by atoms with van der Waals surface area (Å²) in [6.45, 7) is 3.91. The van der Waals surface area contributed by atoms with Crippen molar-refractivity contribution >= 4 is 62.0 Å². The van der Waals surface area contributed by atoms with Gasteiger partial charge in [0.2, 0.25) is 5.16 Å². The number of halogens is 1. The van der Waals surface area contributed by atoms with Gasteiger partial charge in [-0.25, -0.2) is 4.98 Å². The molecule has 0 atom stereocenters. The summed E-state index contributed by atoms with van der Waals surface area (Å²) >= 11 is 7.69. The Bertz CT molecular complexity index is 1400. The van der Waals surface area contributed by atoms with Gasteiger partial charge in [0, 0.05) is 46.5 Å².